The van der Waals surface area contributed by atoms with Crippen molar-refractivity contribution in [2.45, 2.75) is 31.8 Å². The lowest BCUT2D eigenvalue weighted by Gasteiger charge is -2.49. The normalized spacial score (nSPS) is 28.7. The molecule has 2 bridgehead atoms. The van der Waals surface area contributed by atoms with Crippen LogP contribution in [0.15, 0.2) is 34.9 Å². The van der Waals surface area contributed by atoms with Crippen LogP contribution in [0.25, 0.3) is 11.3 Å². The summed E-state index contributed by atoms with van der Waals surface area (Å²) < 4.78 is 5.65. The number of benzene rings is 1. The molecule has 3 aliphatic rings. The van der Waals surface area contributed by atoms with Crippen molar-refractivity contribution in [1.82, 2.24) is 15.2 Å². The summed E-state index contributed by atoms with van der Waals surface area (Å²) in [5, 5.41) is 3.13. The number of rotatable bonds is 3. The minimum atomic E-state index is -0.234. The van der Waals surface area contributed by atoms with Gasteiger partial charge in [-0.3, -0.25) is 9.69 Å². The lowest BCUT2D eigenvalue weighted by molar-refractivity contribution is 0.0210. The van der Waals surface area contributed by atoms with Gasteiger partial charge in [-0.2, -0.15) is 0 Å². The Morgan fingerprint density at radius 1 is 1.29 bits per heavy atom. The van der Waals surface area contributed by atoms with E-state index in [9.17, 15) is 4.79 Å². The highest BCUT2D eigenvalue weighted by Crippen LogP contribution is 2.32. The van der Waals surface area contributed by atoms with Gasteiger partial charge in [0, 0.05) is 23.3 Å². The van der Waals surface area contributed by atoms with Crippen LogP contribution in [0.4, 0.5) is 5.69 Å². The van der Waals surface area contributed by atoms with Crippen LogP contribution >= 0.6 is 0 Å². The summed E-state index contributed by atoms with van der Waals surface area (Å²) in [5.41, 5.74) is 7.23. The molecule has 0 radical (unpaired) electrons. The number of oxazole rings is 1. The van der Waals surface area contributed by atoms with Gasteiger partial charge in [0.15, 0.2) is 5.76 Å². The molecule has 1 amide bonds. The molecule has 6 nitrogen and oxygen atoms in total. The largest absolute Gasteiger partial charge is 0.432 e. The fourth-order valence-electron chi connectivity index (χ4n) is 3.92. The van der Waals surface area contributed by atoms with Crippen LogP contribution in [0.5, 0.6) is 0 Å². The van der Waals surface area contributed by atoms with E-state index in [2.05, 4.69) is 22.1 Å². The van der Waals surface area contributed by atoms with Crippen molar-refractivity contribution in [2.24, 2.45) is 5.92 Å². The summed E-state index contributed by atoms with van der Waals surface area (Å²) in [6, 6.07) is 7.85. The Balaban J connectivity index is 1.48. The van der Waals surface area contributed by atoms with E-state index in [4.69, 9.17) is 10.2 Å². The van der Waals surface area contributed by atoms with Gasteiger partial charge >= 0.3 is 5.91 Å². The molecule has 24 heavy (non-hydrogen) atoms. The number of carbonyl (C=O) groups is 1. The Hall–Kier alpha value is -2.34. The summed E-state index contributed by atoms with van der Waals surface area (Å²) in [5.74, 6) is 1.01. The van der Waals surface area contributed by atoms with Crippen molar-refractivity contribution in [3.8, 4) is 11.3 Å². The maximum absolute atomic E-state index is 12.5. The number of carbonyl (C=O) groups excluding carboxylic acids is 1. The zero-order valence-corrected chi connectivity index (χ0v) is 13.7. The number of amides is 1. The lowest BCUT2D eigenvalue weighted by Crippen LogP contribution is -2.62. The SMILES string of the molecule is C[C@H]1[C@H](NC(=O)c2ncc(-c3ccc(N)cc3)o2)C2CCN1CC2. The third-order valence-electron chi connectivity index (χ3n) is 5.37. The minimum absolute atomic E-state index is 0.116. The highest BCUT2D eigenvalue weighted by molar-refractivity contribution is 5.90. The Kier molecular flexibility index (Phi) is 3.76. The molecule has 0 spiro atoms. The Bertz CT molecular complexity index is 730. The van der Waals surface area contributed by atoms with E-state index in [1.807, 2.05) is 12.1 Å². The van der Waals surface area contributed by atoms with E-state index in [1.165, 1.54) is 0 Å². The molecule has 126 valence electrons. The van der Waals surface area contributed by atoms with E-state index >= 15 is 0 Å². The molecule has 2 atom stereocenters. The molecule has 0 saturated carbocycles. The molecular weight excluding hydrogens is 304 g/mol. The van der Waals surface area contributed by atoms with Crippen LogP contribution < -0.4 is 11.1 Å². The van der Waals surface area contributed by atoms with Crippen molar-refractivity contribution < 1.29 is 9.21 Å². The fourth-order valence-corrected chi connectivity index (χ4v) is 3.92. The van der Waals surface area contributed by atoms with Gasteiger partial charge in [0.05, 0.1) is 6.20 Å². The van der Waals surface area contributed by atoms with Crippen molar-refractivity contribution in [2.75, 3.05) is 18.8 Å². The molecule has 0 aliphatic carbocycles. The predicted octanol–water partition coefficient (Wildman–Crippen LogP) is 2.14. The summed E-state index contributed by atoms with van der Waals surface area (Å²) in [7, 11) is 0. The van der Waals surface area contributed by atoms with E-state index in [-0.39, 0.29) is 17.8 Å². The molecule has 5 rings (SSSR count). The molecule has 3 saturated heterocycles. The van der Waals surface area contributed by atoms with Gasteiger partial charge < -0.3 is 15.5 Å². The smallest absolute Gasteiger partial charge is 0.307 e. The molecule has 3 aliphatic heterocycles. The van der Waals surface area contributed by atoms with E-state index in [0.717, 1.165) is 31.5 Å². The topological polar surface area (TPSA) is 84.4 Å². The molecule has 2 aromatic rings. The van der Waals surface area contributed by atoms with Crippen molar-refractivity contribution in [3.05, 3.63) is 36.4 Å². The monoisotopic (exact) mass is 326 g/mol. The molecule has 3 fully saturated rings. The average molecular weight is 326 g/mol. The second-order valence-electron chi connectivity index (χ2n) is 6.76. The van der Waals surface area contributed by atoms with Crippen LogP contribution in [0.2, 0.25) is 0 Å². The van der Waals surface area contributed by atoms with Crippen LogP contribution in [0, 0.1) is 5.92 Å². The number of nitrogens with zero attached hydrogens (tertiary/aromatic N) is 2. The van der Waals surface area contributed by atoms with Gasteiger partial charge in [-0.1, -0.05) is 0 Å². The zero-order chi connectivity index (χ0) is 16.7. The summed E-state index contributed by atoms with van der Waals surface area (Å²) >= 11 is 0. The number of nitrogen functional groups attached to an aromatic ring is 1. The summed E-state index contributed by atoms with van der Waals surface area (Å²) in [6.45, 7) is 4.46. The fraction of sp³-hybridized carbons (Fsp3) is 0.444. The Morgan fingerprint density at radius 3 is 2.67 bits per heavy atom. The standard InChI is InChI=1S/C18H22N4O2/c1-11-16(13-6-8-22(11)9-7-13)21-17(23)18-20-10-15(24-18)12-2-4-14(19)5-3-12/h2-5,10-11,13,16H,6-9,19H2,1H3,(H,21,23)/t11-,16-/m0/s1. The average Bonchev–Trinajstić information content (AvgIpc) is 3.09. The first kappa shape index (κ1) is 15.2. The van der Waals surface area contributed by atoms with Gasteiger partial charge in [-0.05, 0) is 63.0 Å². The molecule has 0 unspecified atom stereocenters. The number of nitrogens with one attached hydrogen (secondary N) is 1. The predicted molar refractivity (Wildman–Crippen MR) is 91.4 cm³/mol. The lowest BCUT2D eigenvalue weighted by atomic mass is 9.79. The second kappa shape index (κ2) is 5.94. The third-order valence-corrected chi connectivity index (χ3v) is 5.37. The molecule has 1 aromatic carbocycles. The number of hydrogen-bond donors (Lipinski definition) is 2. The van der Waals surface area contributed by atoms with Gasteiger partial charge in [-0.25, -0.2) is 4.98 Å². The number of piperidine rings is 3. The quantitative estimate of drug-likeness (QED) is 0.844. The van der Waals surface area contributed by atoms with E-state index in [0.29, 0.717) is 23.4 Å². The number of fused-ring (bicyclic) bond motifs is 3. The van der Waals surface area contributed by atoms with Crippen molar-refractivity contribution in [3.63, 3.8) is 0 Å². The maximum Gasteiger partial charge on any atom is 0.307 e. The number of nitrogens with two attached hydrogens (primary N) is 1. The van der Waals surface area contributed by atoms with Gasteiger partial charge in [0.1, 0.15) is 0 Å². The summed E-state index contributed by atoms with van der Waals surface area (Å²) in [4.78, 5) is 19.1. The first-order chi connectivity index (χ1) is 11.6. The molecule has 4 heterocycles. The first-order valence-electron chi connectivity index (χ1n) is 8.48. The van der Waals surface area contributed by atoms with E-state index < -0.39 is 0 Å². The first-order valence-corrected chi connectivity index (χ1v) is 8.48. The van der Waals surface area contributed by atoms with Gasteiger partial charge in [0.2, 0.25) is 0 Å². The van der Waals surface area contributed by atoms with Crippen LogP contribution in [0.1, 0.15) is 30.5 Å². The Morgan fingerprint density at radius 2 is 2.00 bits per heavy atom. The number of anilines is 1. The van der Waals surface area contributed by atoms with Crippen LogP contribution in [0.3, 0.4) is 0 Å². The molecular formula is C18H22N4O2. The number of aromatic nitrogens is 1. The second-order valence-corrected chi connectivity index (χ2v) is 6.76. The van der Waals surface area contributed by atoms with E-state index in [1.54, 1.807) is 18.3 Å². The van der Waals surface area contributed by atoms with Crippen LogP contribution in [-0.2, 0) is 0 Å². The molecule has 6 heteroatoms. The molecule has 3 N–H and O–H groups in total. The van der Waals surface area contributed by atoms with Crippen LogP contribution in [-0.4, -0.2) is 41.0 Å². The number of hydrogen-bond acceptors (Lipinski definition) is 5. The van der Waals surface area contributed by atoms with Gasteiger partial charge in [0.25, 0.3) is 5.89 Å². The third kappa shape index (κ3) is 2.67. The maximum atomic E-state index is 12.5. The van der Waals surface area contributed by atoms with Crippen molar-refractivity contribution >= 4 is 11.6 Å². The minimum Gasteiger partial charge on any atom is -0.432 e. The Labute approximate surface area is 141 Å². The zero-order valence-electron chi connectivity index (χ0n) is 13.7. The van der Waals surface area contributed by atoms with Crippen molar-refractivity contribution in [1.29, 1.82) is 0 Å². The highest BCUT2D eigenvalue weighted by Gasteiger charge is 2.40. The molecule has 1 aromatic heterocycles. The highest BCUT2D eigenvalue weighted by atomic mass is 16.4. The summed E-state index contributed by atoms with van der Waals surface area (Å²) in [6.07, 6.45) is 3.88. The van der Waals surface area contributed by atoms with Gasteiger partial charge in [-0.15, -0.1) is 0 Å².